The molecule has 0 bridgehead atoms. The second kappa shape index (κ2) is 7.68. The maximum atomic E-state index is 13.1. The van der Waals surface area contributed by atoms with Crippen molar-refractivity contribution in [1.82, 2.24) is 30.1 Å². The van der Waals surface area contributed by atoms with Crippen LogP contribution in [0.3, 0.4) is 0 Å². The van der Waals surface area contributed by atoms with Gasteiger partial charge in [0, 0.05) is 17.7 Å². The molecule has 8 nitrogen and oxygen atoms in total. The average Bonchev–Trinajstić information content (AvgIpc) is 3.47. The van der Waals surface area contributed by atoms with E-state index in [-0.39, 0.29) is 17.7 Å². The maximum absolute atomic E-state index is 13.1. The van der Waals surface area contributed by atoms with Gasteiger partial charge >= 0.3 is 0 Å². The number of benzene rings is 1. The molecule has 0 unspecified atom stereocenters. The molecular formula is C21H26N6O2. The van der Waals surface area contributed by atoms with Crippen molar-refractivity contribution in [3.63, 3.8) is 0 Å². The van der Waals surface area contributed by atoms with Gasteiger partial charge in [0.05, 0.1) is 12.6 Å². The van der Waals surface area contributed by atoms with Crippen LogP contribution in [-0.2, 0) is 11.3 Å². The van der Waals surface area contributed by atoms with Crippen molar-refractivity contribution in [3.05, 3.63) is 51.6 Å². The molecule has 0 aliphatic carbocycles. The molecule has 0 spiro atoms. The fraction of sp³-hybridized carbons (Fsp3) is 0.524. The summed E-state index contributed by atoms with van der Waals surface area (Å²) in [5, 5.41) is 13.6. The summed E-state index contributed by atoms with van der Waals surface area (Å²) in [5.41, 5.74) is 2.64. The Morgan fingerprint density at radius 1 is 1.24 bits per heavy atom. The van der Waals surface area contributed by atoms with Gasteiger partial charge in [0.1, 0.15) is 6.04 Å². The maximum Gasteiger partial charge on any atom is 0.253 e. The van der Waals surface area contributed by atoms with Crippen LogP contribution in [-0.4, -0.2) is 55.9 Å². The number of hydrogen-bond acceptors (Lipinski definition) is 6. The second-order valence-corrected chi connectivity index (χ2v) is 8.14. The van der Waals surface area contributed by atoms with Gasteiger partial charge in [0.15, 0.2) is 5.82 Å². The molecule has 2 fully saturated rings. The third-order valence-electron chi connectivity index (χ3n) is 6.03. The topological polar surface area (TPSA) is 88.9 Å². The number of tetrazole rings is 1. The smallest absolute Gasteiger partial charge is 0.253 e. The summed E-state index contributed by atoms with van der Waals surface area (Å²) < 4.78 is 7.62. The van der Waals surface area contributed by atoms with Crippen LogP contribution in [0.1, 0.15) is 48.7 Å². The molecule has 152 valence electrons. The molecule has 4 heterocycles. The fourth-order valence-electron chi connectivity index (χ4n) is 4.56. The van der Waals surface area contributed by atoms with Gasteiger partial charge in [0.2, 0.25) is 0 Å². The summed E-state index contributed by atoms with van der Waals surface area (Å²) in [6.07, 6.45) is 4.46. The number of nitrogens with one attached hydrogen (secondary N) is 1. The highest BCUT2D eigenvalue weighted by atomic mass is 16.5. The number of hydrogen-bond donors (Lipinski definition) is 1. The van der Waals surface area contributed by atoms with Crippen LogP contribution in [0.2, 0.25) is 0 Å². The number of aromatic amines is 1. The molecule has 8 heteroatoms. The minimum Gasteiger partial charge on any atom is -0.376 e. The quantitative estimate of drug-likeness (QED) is 0.714. The van der Waals surface area contributed by atoms with Crippen molar-refractivity contribution in [3.8, 4) is 0 Å². The standard InChI is InChI=1S/C21H26N6O2/c1-14-6-7-18-15(11-14)12-17(21(28)22-18)19(26-8-2-3-9-26)20-23-24-25-27(20)13-16-5-4-10-29-16/h6-7,11-12,16,19H,2-5,8-10,13H2,1H3,(H,22,28)/t16-,19+/m0/s1. The first-order valence-electron chi connectivity index (χ1n) is 10.4. The molecule has 2 atom stereocenters. The lowest BCUT2D eigenvalue weighted by Crippen LogP contribution is -2.34. The summed E-state index contributed by atoms with van der Waals surface area (Å²) in [7, 11) is 0. The molecule has 2 aliphatic heterocycles. The normalized spacial score (nSPS) is 21.2. The number of ether oxygens (including phenoxy) is 1. The zero-order valence-electron chi connectivity index (χ0n) is 16.7. The molecule has 29 heavy (non-hydrogen) atoms. The Morgan fingerprint density at radius 2 is 2.10 bits per heavy atom. The predicted octanol–water partition coefficient (Wildman–Crippen LogP) is 2.19. The van der Waals surface area contributed by atoms with Crippen molar-refractivity contribution in [1.29, 1.82) is 0 Å². The first-order valence-corrected chi connectivity index (χ1v) is 10.4. The minimum atomic E-state index is -0.262. The largest absolute Gasteiger partial charge is 0.376 e. The van der Waals surface area contributed by atoms with Crippen molar-refractivity contribution < 1.29 is 4.74 Å². The SMILES string of the molecule is Cc1ccc2[nH]c(=O)c([C@H](c3nnnn3C[C@@H]3CCCO3)N3CCCC3)cc2c1. The molecule has 0 amide bonds. The van der Waals surface area contributed by atoms with Crippen molar-refractivity contribution in [2.45, 2.75) is 51.3 Å². The number of fused-ring (bicyclic) bond motifs is 1. The molecule has 0 radical (unpaired) electrons. The van der Waals surface area contributed by atoms with Gasteiger partial charge in [-0.15, -0.1) is 5.10 Å². The van der Waals surface area contributed by atoms with E-state index >= 15 is 0 Å². The molecule has 2 saturated heterocycles. The zero-order valence-corrected chi connectivity index (χ0v) is 16.7. The van der Waals surface area contributed by atoms with Gasteiger partial charge in [-0.1, -0.05) is 11.6 Å². The highest BCUT2D eigenvalue weighted by molar-refractivity contribution is 5.79. The Labute approximate surface area is 168 Å². The summed E-state index contributed by atoms with van der Waals surface area (Å²) in [5.74, 6) is 0.722. The minimum absolute atomic E-state index is 0.0788. The second-order valence-electron chi connectivity index (χ2n) is 8.14. The van der Waals surface area contributed by atoms with E-state index in [9.17, 15) is 4.79 Å². The van der Waals surface area contributed by atoms with Crippen LogP contribution in [0.25, 0.3) is 10.9 Å². The monoisotopic (exact) mass is 394 g/mol. The van der Waals surface area contributed by atoms with E-state index in [4.69, 9.17) is 4.74 Å². The summed E-state index contributed by atoms with van der Waals surface area (Å²) in [6.45, 7) is 5.34. The van der Waals surface area contributed by atoms with Crippen molar-refractivity contribution in [2.24, 2.45) is 0 Å². The zero-order chi connectivity index (χ0) is 19.8. The third kappa shape index (κ3) is 3.58. The molecule has 0 saturated carbocycles. The Balaban J connectivity index is 1.60. The molecule has 5 rings (SSSR count). The van der Waals surface area contributed by atoms with Crippen molar-refractivity contribution in [2.75, 3.05) is 19.7 Å². The molecule has 1 N–H and O–H groups in total. The van der Waals surface area contributed by atoms with Gasteiger partial charge in [0.25, 0.3) is 5.56 Å². The summed E-state index contributed by atoms with van der Waals surface area (Å²) >= 11 is 0. The van der Waals surface area contributed by atoms with E-state index in [2.05, 4.69) is 38.4 Å². The van der Waals surface area contributed by atoms with E-state index in [1.807, 2.05) is 22.9 Å². The molecule has 1 aromatic carbocycles. The Hall–Kier alpha value is -2.58. The lowest BCUT2D eigenvalue weighted by molar-refractivity contribution is 0.0912. The van der Waals surface area contributed by atoms with Crippen LogP contribution < -0.4 is 5.56 Å². The number of H-pyrrole nitrogens is 1. The Kier molecular flexibility index (Phi) is 4.89. The Bertz CT molecular complexity index is 1060. The summed E-state index contributed by atoms with van der Waals surface area (Å²) in [6, 6.07) is 7.82. The van der Waals surface area contributed by atoms with Crippen LogP contribution in [0.15, 0.2) is 29.1 Å². The molecule has 2 aromatic heterocycles. The number of rotatable bonds is 5. The first-order chi connectivity index (χ1) is 14.2. The van der Waals surface area contributed by atoms with Crippen molar-refractivity contribution >= 4 is 10.9 Å². The van der Waals surface area contributed by atoms with E-state index < -0.39 is 0 Å². The van der Waals surface area contributed by atoms with E-state index in [0.717, 1.165) is 67.7 Å². The number of nitrogens with zero attached hydrogens (tertiary/aromatic N) is 5. The Morgan fingerprint density at radius 3 is 2.90 bits per heavy atom. The van der Waals surface area contributed by atoms with Gasteiger partial charge in [-0.05, 0) is 79.7 Å². The highest BCUT2D eigenvalue weighted by Crippen LogP contribution is 2.30. The average molecular weight is 394 g/mol. The fourth-order valence-corrected chi connectivity index (χ4v) is 4.56. The van der Waals surface area contributed by atoms with Gasteiger partial charge in [-0.2, -0.15) is 0 Å². The number of aromatic nitrogens is 5. The number of aryl methyl sites for hydroxylation is 1. The predicted molar refractivity (Wildman–Crippen MR) is 109 cm³/mol. The van der Waals surface area contributed by atoms with Gasteiger partial charge in [-0.3, -0.25) is 9.69 Å². The van der Waals surface area contributed by atoms with Crippen LogP contribution >= 0.6 is 0 Å². The van der Waals surface area contributed by atoms with E-state index in [1.54, 1.807) is 0 Å². The van der Waals surface area contributed by atoms with Crippen LogP contribution in [0.4, 0.5) is 0 Å². The van der Waals surface area contributed by atoms with Gasteiger partial charge in [-0.25, -0.2) is 4.68 Å². The lowest BCUT2D eigenvalue weighted by Gasteiger charge is -2.27. The van der Waals surface area contributed by atoms with Crippen LogP contribution in [0, 0.1) is 6.92 Å². The number of likely N-dealkylation sites (tertiary alicyclic amines) is 1. The van der Waals surface area contributed by atoms with E-state index in [1.165, 1.54) is 0 Å². The molecule has 3 aromatic rings. The summed E-state index contributed by atoms with van der Waals surface area (Å²) in [4.78, 5) is 18.5. The van der Waals surface area contributed by atoms with Crippen LogP contribution in [0.5, 0.6) is 0 Å². The van der Waals surface area contributed by atoms with Gasteiger partial charge < -0.3 is 9.72 Å². The highest BCUT2D eigenvalue weighted by Gasteiger charge is 2.32. The molecular weight excluding hydrogens is 368 g/mol. The molecule has 2 aliphatic rings. The lowest BCUT2D eigenvalue weighted by atomic mass is 10.0. The van der Waals surface area contributed by atoms with E-state index in [0.29, 0.717) is 12.1 Å². The first kappa shape index (κ1) is 18.4. The third-order valence-corrected chi connectivity index (χ3v) is 6.03. The number of pyridine rings is 1.